The Hall–Kier alpha value is -7.74. The minimum absolute atomic E-state index is 0.0627. The minimum Gasteiger partial charge on any atom is -0.310 e. The molecule has 0 heterocycles. The molecule has 0 saturated heterocycles. The third-order valence-electron chi connectivity index (χ3n) is 11.7. The van der Waals surface area contributed by atoms with Gasteiger partial charge < -0.3 is 4.90 Å². The molecule has 0 bridgehead atoms. The van der Waals surface area contributed by atoms with Crippen molar-refractivity contribution in [2.24, 2.45) is 0 Å². The molecule has 1 nitrogen and oxygen atoms in total. The van der Waals surface area contributed by atoms with Gasteiger partial charge in [-0.1, -0.05) is 206 Å². The van der Waals surface area contributed by atoms with E-state index in [1.807, 2.05) is 91.0 Å². The third kappa shape index (κ3) is 5.94. The van der Waals surface area contributed by atoms with Crippen molar-refractivity contribution in [2.45, 2.75) is 5.41 Å². The number of hydrogen-bond donors (Lipinski definition) is 0. The molecule has 0 spiro atoms. The van der Waals surface area contributed by atoms with Crippen molar-refractivity contribution in [3.8, 4) is 44.5 Å². The lowest BCUT2D eigenvalue weighted by molar-refractivity contribution is 0.768. The lowest BCUT2D eigenvalue weighted by Gasteiger charge is -2.35. The van der Waals surface area contributed by atoms with Crippen molar-refractivity contribution >= 4 is 27.8 Å². The first-order valence-corrected chi connectivity index (χ1v) is 20.0. The van der Waals surface area contributed by atoms with Crippen molar-refractivity contribution < 1.29 is 12.3 Å². The number of rotatable bonds is 8. The van der Waals surface area contributed by atoms with Gasteiger partial charge in [0, 0.05) is 17.1 Å². The second-order valence-electron chi connectivity index (χ2n) is 15.0. The van der Waals surface area contributed by atoms with Crippen LogP contribution in [0, 0.1) is 0 Å². The molecule has 10 aromatic carbocycles. The highest BCUT2D eigenvalue weighted by Gasteiger charge is 2.46. The summed E-state index contributed by atoms with van der Waals surface area (Å²) in [5.74, 6) is 0. The molecule has 0 aromatic heterocycles. The summed E-state index contributed by atoms with van der Waals surface area (Å²) in [6, 6.07) is 61.0. The Kier molecular flexibility index (Phi) is 6.71. The number of nitrogens with zero attached hydrogens (tertiary/aromatic N) is 1. The molecule has 1 heteroatoms. The summed E-state index contributed by atoms with van der Waals surface area (Å²) in [7, 11) is 0. The maximum Gasteiger partial charge on any atom is 0.0714 e. The first kappa shape index (κ1) is 27.0. The number of hydrogen-bond acceptors (Lipinski definition) is 1. The van der Waals surface area contributed by atoms with Crippen LogP contribution < -0.4 is 4.90 Å². The molecular weight excluding hydrogens is 723 g/mol. The van der Waals surface area contributed by atoms with Gasteiger partial charge in [-0.15, -0.1) is 0 Å². The van der Waals surface area contributed by atoms with E-state index in [4.69, 9.17) is 6.85 Å². The van der Waals surface area contributed by atoms with Crippen LogP contribution in [0.25, 0.3) is 55.3 Å². The fourth-order valence-electron chi connectivity index (χ4n) is 9.04. The van der Waals surface area contributed by atoms with Gasteiger partial charge in [0.15, 0.2) is 0 Å². The van der Waals surface area contributed by atoms with Gasteiger partial charge in [0.1, 0.15) is 0 Å². The Labute approximate surface area is 364 Å². The Bertz CT molecular complexity index is 3570. The van der Waals surface area contributed by atoms with E-state index in [1.54, 1.807) is 4.90 Å². The SMILES string of the molecule is [2H]c1c([2H])c([2H])c(-c2c([2H])c([2H])c(N(c3ccc(-c4cccc(-c5cccc6ccccc56)c4)cc3)c3ccc4c(c3)C(c3ccccc3)(c3ccccc3)c3ccccc3-4)c([2H])c2[2H])c([2H])c1[2H]. The summed E-state index contributed by atoms with van der Waals surface area (Å²) >= 11 is 0. The molecule has 1 aliphatic rings. The van der Waals surface area contributed by atoms with E-state index in [-0.39, 0.29) is 11.3 Å². The number of fused-ring (bicyclic) bond motifs is 4. The highest BCUT2D eigenvalue weighted by molar-refractivity contribution is 5.97. The van der Waals surface area contributed by atoms with Gasteiger partial charge in [0.2, 0.25) is 0 Å². The summed E-state index contributed by atoms with van der Waals surface area (Å²) < 4.78 is 80.7. The van der Waals surface area contributed by atoms with Gasteiger partial charge in [-0.05, 0) is 120 Å². The first-order chi connectivity index (χ1) is 33.5. The van der Waals surface area contributed by atoms with E-state index in [0.717, 1.165) is 66.4 Å². The lowest BCUT2D eigenvalue weighted by Crippen LogP contribution is -2.28. The van der Waals surface area contributed by atoms with Gasteiger partial charge >= 0.3 is 0 Å². The van der Waals surface area contributed by atoms with Gasteiger partial charge in [-0.25, -0.2) is 0 Å². The maximum atomic E-state index is 9.70. The summed E-state index contributed by atoms with van der Waals surface area (Å²) in [4.78, 5) is 1.74. The molecule has 0 saturated carbocycles. The molecule has 60 heavy (non-hydrogen) atoms. The molecule has 11 rings (SSSR count). The Morgan fingerprint density at radius 2 is 0.917 bits per heavy atom. The molecule has 0 N–H and O–H groups in total. The van der Waals surface area contributed by atoms with Crippen LogP contribution >= 0.6 is 0 Å². The average molecular weight is 773 g/mol. The molecular formula is C59H41N. The highest BCUT2D eigenvalue weighted by atomic mass is 15.1. The van der Waals surface area contributed by atoms with E-state index in [2.05, 4.69) is 103 Å². The summed E-state index contributed by atoms with van der Waals surface area (Å²) in [5.41, 5.74) is 9.86. The second kappa shape index (κ2) is 14.9. The van der Waals surface area contributed by atoms with Crippen LogP contribution in [-0.2, 0) is 5.41 Å². The Balaban J connectivity index is 1.14. The molecule has 1 aliphatic carbocycles. The van der Waals surface area contributed by atoms with E-state index in [1.165, 1.54) is 0 Å². The van der Waals surface area contributed by atoms with Gasteiger partial charge in [-0.2, -0.15) is 0 Å². The quantitative estimate of drug-likeness (QED) is 0.149. The van der Waals surface area contributed by atoms with Gasteiger partial charge in [0.25, 0.3) is 0 Å². The largest absolute Gasteiger partial charge is 0.310 e. The van der Waals surface area contributed by atoms with Crippen LogP contribution in [0.5, 0.6) is 0 Å². The maximum absolute atomic E-state index is 9.70. The van der Waals surface area contributed by atoms with Crippen molar-refractivity contribution in [3.63, 3.8) is 0 Å². The van der Waals surface area contributed by atoms with Gasteiger partial charge in [-0.3, -0.25) is 0 Å². The van der Waals surface area contributed by atoms with E-state index in [0.29, 0.717) is 11.4 Å². The van der Waals surface area contributed by atoms with E-state index >= 15 is 0 Å². The fourth-order valence-corrected chi connectivity index (χ4v) is 9.04. The van der Waals surface area contributed by atoms with Crippen LogP contribution in [-0.4, -0.2) is 0 Å². The molecule has 0 unspecified atom stereocenters. The predicted octanol–water partition coefficient (Wildman–Crippen LogP) is 15.7. The van der Waals surface area contributed by atoms with Crippen LogP contribution in [0.2, 0.25) is 0 Å². The van der Waals surface area contributed by atoms with Gasteiger partial charge in [0.05, 0.1) is 17.8 Å². The van der Waals surface area contributed by atoms with Crippen molar-refractivity contribution in [3.05, 3.63) is 271 Å². The Morgan fingerprint density at radius 1 is 0.333 bits per heavy atom. The summed E-state index contributed by atoms with van der Waals surface area (Å²) in [5, 5.41) is 2.31. The van der Waals surface area contributed by atoms with Crippen LogP contribution in [0.1, 0.15) is 34.6 Å². The standard InChI is InChI=1S/C59H41N/c1-4-16-42(17-5-1)43-30-34-50(35-31-43)60(51-36-32-44(33-37-51)46-20-14-21-47(40-46)54-28-15-19-45-18-10-11-26-53(45)54)52-38-39-56-55-27-12-13-29-57(55)59(58(56)41-52,48-22-6-2-7-23-48)49-24-8-3-9-25-49/h1-41H/i1D,4D,5D,16D,17D,30D,31D,34D,35D. The Morgan fingerprint density at radius 3 is 1.68 bits per heavy atom. The number of benzene rings is 10. The molecule has 0 atom stereocenters. The van der Waals surface area contributed by atoms with Crippen molar-refractivity contribution in [1.82, 2.24) is 0 Å². The zero-order valence-electron chi connectivity index (χ0n) is 41.4. The highest BCUT2D eigenvalue weighted by Crippen LogP contribution is 2.57. The molecule has 0 aliphatic heterocycles. The van der Waals surface area contributed by atoms with Crippen molar-refractivity contribution in [2.75, 3.05) is 4.90 Å². The third-order valence-corrected chi connectivity index (χ3v) is 11.7. The normalized spacial score (nSPS) is 14.6. The average Bonchev–Trinajstić information content (AvgIpc) is 3.70. The predicted molar refractivity (Wildman–Crippen MR) is 252 cm³/mol. The molecule has 0 amide bonds. The summed E-state index contributed by atoms with van der Waals surface area (Å²) in [6.45, 7) is 0. The smallest absolute Gasteiger partial charge is 0.0714 e. The van der Waals surface area contributed by atoms with Crippen LogP contribution in [0.15, 0.2) is 249 Å². The number of anilines is 3. The van der Waals surface area contributed by atoms with Crippen molar-refractivity contribution in [1.29, 1.82) is 0 Å². The summed E-state index contributed by atoms with van der Waals surface area (Å²) in [6.07, 6.45) is 0. The van der Waals surface area contributed by atoms with E-state index in [9.17, 15) is 5.48 Å². The molecule has 10 aromatic rings. The van der Waals surface area contributed by atoms with E-state index < -0.39 is 65.4 Å². The molecule has 0 fully saturated rings. The van der Waals surface area contributed by atoms with Crippen LogP contribution in [0.3, 0.4) is 0 Å². The topological polar surface area (TPSA) is 3.24 Å². The minimum atomic E-state index is -0.783. The molecule has 0 radical (unpaired) electrons. The zero-order valence-corrected chi connectivity index (χ0v) is 32.4. The van der Waals surface area contributed by atoms with Crippen LogP contribution in [0.4, 0.5) is 17.1 Å². The molecule has 282 valence electrons. The first-order valence-electron chi connectivity index (χ1n) is 24.5. The lowest BCUT2D eigenvalue weighted by atomic mass is 9.67. The fraction of sp³-hybridized carbons (Fsp3) is 0.0169. The monoisotopic (exact) mass is 772 g/mol. The second-order valence-corrected chi connectivity index (χ2v) is 15.0. The zero-order chi connectivity index (χ0) is 47.7.